The van der Waals surface area contributed by atoms with Crippen molar-refractivity contribution in [2.75, 3.05) is 11.9 Å². The summed E-state index contributed by atoms with van der Waals surface area (Å²) in [5.41, 5.74) is 2.24. The molecule has 0 aliphatic heterocycles. The zero-order valence-corrected chi connectivity index (χ0v) is 14.4. The van der Waals surface area contributed by atoms with E-state index in [0.29, 0.717) is 23.7 Å². The zero-order chi connectivity index (χ0) is 18.9. The van der Waals surface area contributed by atoms with Gasteiger partial charge in [0, 0.05) is 24.2 Å². The molecule has 1 aromatic carbocycles. The van der Waals surface area contributed by atoms with E-state index in [1.54, 1.807) is 0 Å². The number of aromatic amines is 1. The molecule has 140 valence electrons. The van der Waals surface area contributed by atoms with Crippen LogP contribution >= 0.6 is 0 Å². The third-order valence-corrected chi connectivity index (χ3v) is 4.93. The molecule has 0 spiro atoms. The van der Waals surface area contributed by atoms with Gasteiger partial charge in [-0.25, -0.2) is 0 Å². The molecule has 2 heterocycles. The first-order valence-electron chi connectivity index (χ1n) is 8.78. The van der Waals surface area contributed by atoms with Crippen LogP contribution in [0.5, 0.6) is 0 Å². The van der Waals surface area contributed by atoms with Gasteiger partial charge in [0.15, 0.2) is 5.69 Å². The smallest absolute Gasteiger partial charge is 0.383 e. The molecule has 8 heteroatoms. The number of aryl methyl sites for hydroxylation is 1. The minimum absolute atomic E-state index is 0.226. The molecule has 3 aromatic rings. The number of alkyl halides is 3. The highest BCUT2D eigenvalue weighted by molar-refractivity contribution is 5.76. The Labute approximate surface area is 154 Å². The summed E-state index contributed by atoms with van der Waals surface area (Å²) in [7, 11) is 0. The van der Waals surface area contributed by atoms with Gasteiger partial charge in [-0.05, 0) is 36.5 Å². The standard InChI is InChI=1S/C19H18F3N5/c20-19(21,22)18-17(25-27-26-18)15-8-9-23-11-16(15)24-10-13-6-3-5-12-4-1-2-7-14(12)13/h1-2,4,7-9,11,13,24H,3,5-6,10H2,(H,25,26,27). The van der Waals surface area contributed by atoms with Crippen molar-refractivity contribution in [2.24, 2.45) is 0 Å². The van der Waals surface area contributed by atoms with Gasteiger partial charge in [-0.1, -0.05) is 24.3 Å². The fraction of sp³-hybridized carbons (Fsp3) is 0.316. The Hall–Kier alpha value is -2.90. The lowest BCUT2D eigenvalue weighted by Crippen LogP contribution is -2.18. The van der Waals surface area contributed by atoms with Crippen LogP contribution < -0.4 is 5.32 Å². The molecule has 1 atom stereocenters. The minimum atomic E-state index is -4.58. The number of fused-ring (bicyclic) bond motifs is 1. The lowest BCUT2D eigenvalue weighted by Gasteiger charge is -2.26. The number of H-pyrrole nitrogens is 1. The van der Waals surface area contributed by atoms with Crippen molar-refractivity contribution in [3.63, 3.8) is 0 Å². The summed E-state index contributed by atoms with van der Waals surface area (Å²) in [6, 6.07) is 9.85. The average Bonchev–Trinajstić information content (AvgIpc) is 3.17. The van der Waals surface area contributed by atoms with Gasteiger partial charge >= 0.3 is 6.18 Å². The van der Waals surface area contributed by atoms with Gasteiger partial charge in [0.05, 0.1) is 11.9 Å². The number of anilines is 1. The van der Waals surface area contributed by atoms with Crippen LogP contribution in [0.2, 0.25) is 0 Å². The van der Waals surface area contributed by atoms with E-state index in [1.165, 1.54) is 29.6 Å². The Morgan fingerprint density at radius 1 is 1.15 bits per heavy atom. The molecule has 5 nitrogen and oxygen atoms in total. The predicted molar refractivity (Wildman–Crippen MR) is 95.2 cm³/mol. The lowest BCUT2D eigenvalue weighted by molar-refractivity contribution is -0.140. The first-order chi connectivity index (χ1) is 13.0. The topological polar surface area (TPSA) is 66.5 Å². The maximum atomic E-state index is 13.2. The van der Waals surface area contributed by atoms with Crippen LogP contribution in [0.3, 0.4) is 0 Å². The summed E-state index contributed by atoms with van der Waals surface area (Å²) >= 11 is 0. The molecular formula is C19H18F3N5. The van der Waals surface area contributed by atoms with Gasteiger partial charge in [-0.2, -0.15) is 28.6 Å². The molecule has 27 heavy (non-hydrogen) atoms. The monoisotopic (exact) mass is 373 g/mol. The van der Waals surface area contributed by atoms with Gasteiger partial charge in [0.2, 0.25) is 0 Å². The Morgan fingerprint density at radius 2 is 2.00 bits per heavy atom. The molecule has 0 saturated carbocycles. The highest BCUT2D eigenvalue weighted by Gasteiger charge is 2.38. The maximum absolute atomic E-state index is 13.2. The van der Waals surface area contributed by atoms with Crippen molar-refractivity contribution in [1.29, 1.82) is 0 Å². The van der Waals surface area contributed by atoms with Crippen molar-refractivity contribution in [1.82, 2.24) is 20.4 Å². The maximum Gasteiger partial charge on any atom is 0.437 e. The van der Waals surface area contributed by atoms with Crippen molar-refractivity contribution in [3.05, 3.63) is 59.5 Å². The van der Waals surface area contributed by atoms with Crippen LogP contribution in [0, 0.1) is 0 Å². The zero-order valence-electron chi connectivity index (χ0n) is 14.4. The first-order valence-corrected chi connectivity index (χ1v) is 8.78. The summed E-state index contributed by atoms with van der Waals surface area (Å²) < 4.78 is 39.5. The molecule has 0 bridgehead atoms. The van der Waals surface area contributed by atoms with Crippen molar-refractivity contribution in [3.8, 4) is 11.3 Å². The van der Waals surface area contributed by atoms with Gasteiger partial charge in [0.1, 0.15) is 5.69 Å². The number of nitrogens with zero attached hydrogens (tertiary/aromatic N) is 3. The molecule has 1 aliphatic carbocycles. The number of hydrogen-bond acceptors (Lipinski definition) is 4. The van der Waals surface area contributed by atoms with Crippen molar-refractivity contribution >= 4 is 5.69 Å². The van der Waals surface area contributed by atoms with Crippen LogP contribution in [0.4, 0.5) is 18.9 Å². The molecule has 0 saturated heterocycles. The van der Waals surface area contributed by atoms with Crippen molar-refractivity contribution in [2.45, 2.75) is 31.4 Å². The fourth-order valence-electron chi connectivity index (χ4n) is 3.66. The number of hydrogen-bond donors (Lipinski definition) is 2. The number of benzene rings is 1. The average molecular weight is 373 g/mol. The molecule has 1 unspecified atom stereocenters. The summed E-state index contributed by atoms with van der Waals surface area (Å²) in [4.78, 5) is 4.05. The quantitative estimate of drug-likeness (QED) is 0.711. The third kappa shape index (κ3) is 3.51. The molecule has 1 aliphatic rings. The largest absolute Gasteiger partial charge is 0.437 e. The molecule has 4 rings (SSSR count). The van der Waals surface area contributed by atoms with Gasteiger partial charge < -0.3 is 5.32 Å². The molecule has 0 amide bonds. The Bertz CT molecular complexity index is 935. The fourth-order valence-corrected chi connectivity index (χ4v) is 3.66. The van der Waals surface area contributed by atoms with Crippen LogP contribution in [-0.2, 0) is 12.6 Å². The molecular weight excluding hydrogens is 355 g/mol. The van der Waals surface area contributed by atoms with Crippen LogP contribution in [0.15, 0.2) is 42.7 Å². The second-order valence-corrected chi connectivity index (χ2v) is 6.61. The van der Waals surface area contributed by atoms with E-state index in [0.717, 1.165) is 19.3 Å². The summed E-state index contributed by atoms with van der Waals surface area (Å²) in [5.74, 6) is 0.308. The van der Waals surface area contributed by atoms with E-state index in [9.17, 15) is 13.2 Å². The van der Waals surface area contributed by atoms with Crippen LogP contribution in [0.1, 0.15) is 35.6 Å². The predicted octanol–water partition coefficient (Wildman–Crippen LogP) is 4.42. The van der Waals surface area contributed by atoms with Crippen LogP contribution in [0.25, 0.3) is 11.3 Å². The van der Waals surface area contributed by atoms with Crippen LogP contribution in [-0.4, -0.2) is 26.9 Å². The van der Waals surface area contributed by atoms with E-state index in [-0.39, 0.29) is 5.69 Å². The minimum Gasteiger partial charge on any atom is -0.383 e. The van der Waals surface area contributed by atoms with E-state index in [1.807, 2.05) is 12.1 Å². The highest BCUT2D eigenvalue weighted by Crippen LogP contribution is 2.37. The molecule has 0 radical (unpaired) electrons. The van der Waals surface area contributed by atoms with E-state index in [4.69, 9.17) is 0 Å². The highest BCUT2D eigenvalue weighted by atomic mass is 19.4. The van der Waals surface area contributed by atoms with Gasteiger partial charge in [-0.3, -0.25) is 4.98 Å². The summed E-state index contributed by atoms with van der Waals surface area (Å²) in [6.45, 7) is 0.620. The summed E-state index contributed by atoms with van der Waals surface area (Å²) in [6.07, 6.45) is 1.61. The Kier molecular flexibility index (Phi) is 4.55. The molecule has 2 N–H and O–H groups in total. The third-order valence-electron chi connectivity index (χ3n) is 4.93. The Morgan fingerprint density at radius 3 is 2.85 bits per heavy atom. The normalized spacial score (nSPS) is 16.8. The molecule has 2 aromatic heterocycles. The number of aromatic nitrogens is 4. The van der Waals surface area contributed by atoms with E-state index >= 15 is 0 Å². The number of nitrogens with one attached hydrogen (secondary N) is 2. The van der Waals surface area contributed by atoms with E-state index in [2.05, 4.69) is 37.8 Å². The molecule has 0 fully saturated rings. The number of rotatable bonds is 4. The summed E-state index contributed by atoms with van der Waals surface area (Å²) in [5, 5.41) is 12.4. The first kappa shape index (κ1) is 17.5. The number of halogens is 3. The second kappa shape index (κ2) is 7.02. The SMILES string of the molecule is FC(F)(F)c1n[nH]nc1-c1ccncc1NCC1CCCc2ccccc21. The second-order valence-electron chi connectivity index (χ2n) is 6.61. The van der Waals surface area contributed by atoms with Crippen molar-refractivity contribution < 1.29 is 13.2 Å². The van der Waals surface area contributed by atoms with Gasteiger partial charge in [0.25, 0.3) is 0 Å². The van der Waals surface area contributed by atoms with E-state index < -0.39 is 11.9 Å². The number of pyridine rings is 1. The van der Waals surface area contributed by atoms with Gasteiger partial charge in [-0.15, -0.1) is 0 Å². The lowest BCUT2D eigenvalue weighted by atomic mass is 9.83. The Balaban J connectivity index is 1.60.